The quantitative estimate of drug-likeness (QED) is 0.333. The van der Waals surface area contributed by atoms with Crippen LogP contribution in [0.1, 0.15) is 5.56 Å². The molecule has 0 aliphatic rings. The molecule has 0 fully saturated rings. The molecule has 0 aliphatic heterocycles. The summed E-state index contributed by atoms with van der Waals surface area (Å²) in [6, 6.07) is 2.15. The van der Waals surface area contributed by atoms with E-state index in [0.717, 1.165) is 6.07 Å². The van der Waals surface area contributed by atoms with Gasteiger partial charge in [0.15, 0.2) is 11.6 Å². The Bertz CT molecular complexity index is 428. The third kappa shape index (κ3) is 4.12. The van der Waals surface area contributed by atoms with Gasteiger partial charge in [0.05, 0.1) is 24.2 Å². The molecule has 0 aliphatic carbocycles. The number of benzene rings is 1. The van der Waals surface area contributed by atoms with Crippen molar-refractivity contribution >= 4 is 17.3 Å². The number of nitro groups is 1. The second kappa shape index (κ2) is 7.13. The van der Waals surface area contributed by atoms with E-state index in [-0.39, 0.29) is 24.7 Å². The minimum atomic E-state index is -0.760. The Morgan fingerprint density at radius 3 is 2.72 bits per heavy atom. The van der Waals surface area contributed by atoms with Crippen molar-refractivity contribution in [1.82, 2.24) is 0 Å². The zero-order valence-electron chi connectivity index (χ0n) is 9.82. The van der Waals surface area contributed by atoms with Gasteiger partial charge in [-0.1, -0.05) is 0 Å². The maximum atomic E-state index is 13.5. The van der Waals surface area contributed by atoms with Gasteiger partial charge in [-0.2, -0.15) is 0 Å². The van der Waals surface area contributed by atoms with Gasteiger partial charge < -0.3 is 9.47 Å². The van der Waals surface area contributed by atoms with Gasteiger partial charge in [-0.25, -0.2) is 4.39 Å². The van der Waals surface area contributed by atoms with E-state index in [1.807, 2.05) is 0 Å². The van der Waals surface area contributed by atoms with Crippen LogP contribution < -0.4 is 4.74 Å². The van der Waals surface area contributed by atoms with E-state index < -0.39 is 10.7 Å². The average Bonchev–Trinajstić information content (AvgIpc) is 2.32. The number of rotatable bonds is 7. The topological polar surface area (TPSA) is 61.6 Å². The fourth-order valence-electron chi connectivity index (χ4n) is 1.32. The van der Waals surface area contributed by atoms with Gasteiger partial charge in [0, 0.05) is 11.4 Å². The lowest BCUT2D eigenvalue weighted by Crippen LogP contribution is -2.09. The lowest BCUT2D eigenvalue weighted by Gasteiger charge is -2.08. The molecule has 0 saturated heterocycles. The van der Waals surface area contributed by atoms with Crippen molar-refractivity contribution in [1.29, 1.82) is 0 Å². The van der Waals surface area contributed by atoms with E-state index >= 15 is 0 Å². The molecule has 0 bridgehead atoms. The molecule has 100 valence electrons. The second-order valence-corrected chi connectivity index (χ2v) is 3.85. The summed E-state index contributed by atoms with van der Waals surface area (Å²) in [4.78, 5) is 9.95. The highest BCUT2D eigenvalue weighted by Gasteiger charge is 2.16. The van der Waals surface area contributed by atoms with Crippen molar-refractivity contribution in [2.45, 2.75) is 6.92 Å². The van der Waals surface area contributed by atoms with Crippen molar-refractivity contribution in [2.75, 3.05) is 25.7 Å². The smallest absolute Gasteiger partial charge is 0.275 e. The van der Waals surface area contributed by atoms with Crippen LogP contribution in [0.4, 0.5) is 10.1 Å². The molecule has 1 aromatic carbocycles. The minimum absolute atomic E-state index is 0.0208. The number of hydrogen-bond donors (Lipinski definition) is 0. The van der Waals surface area contributed by atoms with Gasteiger partial charge in [0.25, 0.3) is 5.69 Å². The fourth-order valence-corrected chi connectivity index (χ4v) is 1.43. The maximum Gasteiger partial charge on any atom is 0.275 e. The average molecular weight is 278 g/mol. The van der Waals surface area contributed by atoms with E-state index in [2.05, 4.69) is 0 Å². The fraction of sp³-hybridized carbons (Fsp3) is 0.455. The number of aryl methyl sites for hydroxylation is 1. The summed E-state index contributed by atoms with van der Waals surface area (Å²) in [7, 11) is 0. The third-order valence-corrected chi connectivity index (χ3v) is 2.31. The summed E-state index contributed by atoms with van der Waals surface area (Å²) in [5.74, 6) is -0.400. The number of hydrogen-bond acceptors (Lipinski definition) is 4. The lowest BCUT2D eigenvalue weighted by molar-refractivity contribution is -0.385. The zero-order valence-corrected chi connectivity index (χ0v) is 10.6. The monoisotopic (exact) mass is 277 g/mol. The lowest BCUT2D eigenvalue weighted by atomic mass is 10.2. The van der Waals surface area contributed by atoms with E-state index in [4.69, 9.17) is 21.1 Å². The summed E-state index contributed by atoms with van der Waals surface area (Å²) in [5.41, 5.74) is 0.0799. The molecule has 0 heterocycles. The molecule has 0 radical (unpaired) electrons. The Hall–Kier alpha value is -1.40. The summed E-state index contributed by atoms with van der Waals surface area (Å²) >= 11 is 5.40. The first-order chi connectivity index (χ1) is 8.56. The maximum absolute atomic E-state index is 13.5. The highest BCUT2D eigenvalue weighted by atomic mass is 35.5. The largest absolute Gasteiger partial charge is 0.488 e. The first-order valence-corrected chi connectivity index (χ1v) is 5.80. The zero-order chi connectivity index (χ0) is 13.5. The molecule has 0 aromatic heterocycles. The van der Waals surface area contributed by atoms with Gasteiger partial charge in [-0.05, 0) is 13.0 Å². The molecule has 5 nitrogen and oxygen atoms in total. The molecule has 7 heteroatoms. The van der Waals surface area contributed by atoms with E-state index in [1.54, 1.807) is 0 Å². The van der Waals surface area contributed by atoms with Crippen LogP contribution in [-0.2, 0) is 4.74 Å². The second-order valence-electron chi connectivity index (χ2n) is 3.48. The molecular weight excluding hydrogens is 265 g/mol. The highest BCUT2D eigenvalue weighted by Crippen LogP contribution is 2.26. The Morgan fingerprint density at radius 1 is 1.39 bits per heavy atom. The molecule has 0 saturated carbocycles. The molecule has 0 spiro atoms. The van der Waals surface area contributed by atoms with Crippen molar-refractivity contribution in [3.8, 4) is 5.75 Å². The summed E-state index contributed by atoms with van der Waals surface area (Å²) in [5, 5.41) is 10.6. The van der Waals surface area contributed by atoms with Crippen molar-refractivity contribution in [3.05, 3.63) is 33.6 Å². The van der Waals surface area contributed by atoms with Crippen molar-refractivity contribution in [3.63, 3.8) is 0 Å². The molecule has 0 amide bonds. The molecule has 0 atom stereocenters. The van der Waals surface area contributed by atoms with Gasteiger partial charge >= 0.3 is 0 Å². The Kier molecular flexibility index (Phi) is 5.80. The number of nitrogens with zero attached hydrogens (tertiary/aromatic N) is 1. The molecule has 1 aromatic rings. The van der Waals surface area contributed by atoms with Crippen LogP contribution >= 0.6 is 11.6 Å². The first kappa shape index (κ1) is 14.7. The number of nitro benzene ring substituents is 1. The van der Waals surface area contributed by atoms with Crippen LogP contribution in [0.3, 0.4) is 0 Å². The van der Waals surface area contributed by atoms with Gasteiger partial charge in [-0.3, -0.25) is 10.1 Å². The van der Waals surface area contributed by atoms with E-state index in [0.29, 0.717) is 18.1 Å². The summed E-state index contributed by atoms with van der Waals surface area (Å²) in [6.07, 6.45) is 0. The third-order valence-electron chi connectivity index (χ3n) is 2.15. The highest BCUT2D eigenvalue weighted by molar-refractivity contribution is 6.17. The molecule has 1 rings (SSSR count). The number of ether oxygens (including phenoxy) is 2. The van der Waals surface area contributed by atoms with Crippen LogP contribution in [0.25, 0.3) is 0 Å². The standard InChI is InChI=1S/C11H13ClFNO4/c1-8-6-11(18-5-4-17-3-2-12)9(13)7-10(8)14(15)16/h6-7H,2-5H2,1H3. The Labute approximate surface area is 109 Å². The molecular formula is C11H13ClFNO4. The van der Waals surface area contributed by atoms with Crippen LogP contribution in [0, 0.1) is 22.9 Å². The normalized spacial score (nSPS) is 10.4. The SMILES string of the molecule is Cc1cc(OCCOCCCl)c(F)cc1[N+](=O)[O-]. The number of halogens is 2. The predicted molar refractivity (Wildman–Crippen MR) is 64.8 cm³/mol. The summed E-state index contributed by atoms with van der Waals surface area (Å²) in [6.45, 7) is 2.36. The van der Waals surface area contributed by atoms with Gasteiger partial charge in [-0.15, -0.1) is 11.6 Å². The Balaban J connectivity index is 2.62. The molecule has 0 unspecified atom stereocenters. The first-order valence-electron chi connectivity index (χ1n) is 5.27. The van der Waals surface area contributed by atoms with Gasteiger partial charge in [0.2, 0.25) is 0 Å². The van der Waals surface area contributed by atoms with Crippen LogP contribution in [0.5, 0.6) is 5.75 Å². The van der Waals surface area contributed by atoms with Crippen LogP contribution in [0.2, 0.25) is 0 Å². The Morgan fingerprint density at radius 2 is 2.11 bits per heavy atom. The van der Waals surface area contributed by atoms with E-state index in [1.165, 1.54) is 13.0 Å². The summed E-state index contributed by atoms with van der Waals surface area (Å²) < 4.78 is 23.7. The minimum Gasteiger partial charge on any atom is -0.488 e. The van der Waals surface area contributed by atoms with Gasteiger partial charge in [0.1, 0.15) is 6.61 Å². The van der Waals surface area contributed by atoms with Crippen molar-refractivity contribution in [2.24, 2.45) is 0 Å². The van der Waals surface area contributed by atoms with Crippen molar-refractivity contribution < 1.29 is 18.8 Å². The van der Waals surface area contributed by atoms with Crippen LogP contribution in [0.15, 0.2) is 12.1 Å². The predicted octanol–water partition coefficient (Wildman–Crippen LogP) is 2.68. The molecule has 18 heavy (non-hydrogen) atoms. The number of alkyl halides is 1. The van der Waals surface area contributed by atoms with Crippen LogP contribution in [-0.4, -0.2) is 30.6 Å². The van der Waals surface area contributed by atoms with E-state index in [9.17, 15) is 14.5 Å². The molecule has 0 N–H and O–H groups in total.